The second kappa shape index (κ2) is 7.59. The largest absolute Gasteiger partial charge is 0.487 e. The molecule has 1 aromatic carbocycles. The molecular formula is C15H17Br2NOS. The van der Waals surface area contributed by atoms with Gasteiger partial charge in [0.25, 0.3) is 0 Å². The highest BCUT2D eigenvalue weighted by atomic mass is 79.9. The van der Waals surface area contributed by atoms with Gasteiger partial charge in [0.05, 0.1) is 4.47 Å². The molecule has 0 unspecified atom stereocenters. The molecule has 2 nitrogen and oxygen atoms in total. The van der Waals surface area contributed by atoms with Gasteiger partial charge in [-0.1, -0.05) is 29.8 Å². The molecule has 20 heavy (non-hydrogen) atoms. The lowest BCUT2D eigenvalue weighted by atomic mass is 10.3. The third-order valence-electron chi connectivity index (χ3n) is 2.67. The maximum Gasteiger partial charge on any atom is 0.134 e. The molecule has 1 N–H and O–H groups in total. The van der Waals surface area contributed by atoms with Gasteiger partial charge in [0, 0.05) is 26.8 Å². The van der Waals surface area contributed by atoms with Crippen LogP contribution < -0.4 is 10.1 Å². The minimum atomic E-state index is 0.510. The molecule has 0 radical (unpaired) electrons. The summed E-state index contributed by atoms with van der Waals surface area (Å²) in [6, 6.07) is 10.7. The Kier molecular flexibility index (Phi) is 6.08. The first-order valence-electron chi connectivity index (χ1n) is 6.43. The zero-order chi connectivity index (χ0) is 14.5. The van der Waals surface area contributed by atoms with Gasteiger partial charge in [-0.2, -0.15) is 0 Å². The predicted octanol–water partition coefficient (Wildman–Crippen LogP) is 5.35. The van der Waals surface area contributed by atoms with Crippen LogP contribution in [0.15, 0.2) is 39.3 Å². The second-order valence-corrected chi connectivity index (χ2v) is 7.79. The van der Waals surface area contributed by atoms with Crippen LogP contribution in [0.3, 0.4) is 0 Å². The molecule has 0 aliphatic carbocycles. The van der Waals surface area contributed by atoms with Gasteiger partial charge in [0.2, 0.25) is 0 Å². The summed E-state index contributed by atoms with van der Waals surface area (Å²) in [5, 5.41) is 3.42. The summed E-state index contributed by atoms with van der Waals surface area (Å²) < 4.78 is 7.84. The number of hydrogen-bond donors (Lipinski definition) is 1. The fourth-order valence-electron chi connectivity index (χ4n) is 1.64. The highest BCUT2D eigenvalue weighted by Crippen LogP contribution is 2.29. The monoisotopic (exact) mass is 417 g/mol. The van der Waals surface area contributed by atoms with Crippen LogP contribution in [-0.4, -0.2) is 6.04 Å². The molecule has 2 rings (SSSR count). The quantitative estimate of drug-likeness (QED) is 0.682. The molecule has 0 amide bonds. The lowest BCUT2D eigenvalue weighted by Crippen LogP contribution is -2.21. The highest BCUT2D eigenvalue weighted by molar-refractivity contribution is 9.11. The van der Waals surface area contributed by atoms with E-state index in [1.165, 1.54) is 9.75 Å². The summed E-state index contributed by atoms with van der Waals surface area (Å²) in [6.07, 6.45) is 0. The Morgan fingerprint density at radius 1 is 1.15 bits per heavy atom. The van der Waals surface area contributed by atoms with Crippen LogP contribution in [0.1, 0.15) is 23.6 Å². The Morgan fingerprint density at radius 3 is 2.60 bits per heavy atom. The van der Waals surface area contributed by atoms with Gasteiger partial charge in [0.1, 0.15) is 12.4 Å². The summed E-state index contributed by atoms with van der Waals surface area (Å²) in [4.78, 5) is 2.58. The van der Waals surface area contributed by atoms with Crippen molar-refractivity contribution in [3.05, 3.63) is 49.0 Å². The number of benzene rings is 1. The number of halogens is 2. The number of rotatable bonds is 6. The zero-order valence-electron chi connectivity index (χ0n) is 11.5. The Balaban J connectivity index is 1.90. The van der Waals surface area contributed by atoms with E-state index in [1.807, 2.05) is 18.2 Å². The van der Waals surface area contributed by atoms with Crippen molar-refractivity contribution in [2.45, 2.75) is 33.0 Å². The highest BCUT2D eigenvalue weighted by Gasteiger charge is 2.05. The fraction of sp³-hybridized carbons (Fsp3) is 0.333. The van der Waals surface area contributed by atoms with E-state index < -0.39 is 0 Å². The molecule has 5 heteroatoms. The number of hydrogen-bond acceptors (Lipinski definition) is 3. The van der Waals surface area contributed by atoms with E-state index in [0.29, 0.717) is 12.6 Å². The number of nitrogens with one attached hydrogen (secondary N) is 1. The molecule has 0 spiro atoms. The van der Waals surface area contributed by atoms with Gasteiger partial charge in [-0.05, 0) is 46.3 Å². The summed E-state index contributed by atoms with van der Waals surface area (Å²) in [7, 11) is 0. The number of ether oxygens (including phenoxy) is 1. The first kappa shape index (κ1) is 16.0. The molecule has 0 saturated carbocycles. The topological polar surface area (TPSA) is 21.3 Å². The lowest BCUT2D eigenvalue weighted by Gasteiger charge is -2.07. The van der Waals surface area contributed by atoms with Crippen LogP contribution in [0.4, 0.5) is 0 Å². The molecule has 0 bridgehead atoms. The molecule has 108 valence electrons. The smallest absolute Gasteiger partial charge is 0.134 e. The minimum Gasteiger partial charge on any atom is -0.487 e. The van der Waals surface area contributed by atoms with Gasteiger partial charge >= 0.3 is 0 Å². The van der Waals surface area contributed by atoms with Crippen LogP contribution in [0.2, 0.25) is 0 Å². The van der Waals surface area contributed by atoms with E-state index in [1.54, 1.807) is 11.3 Å². The van der Waals surface area contributed by atoms with E-state index in [9.17, 15) is 0 Å². The maximum atomic E-state index is 5.84. The van der Waals surface area contributed by atoms with Crippen LogP contribution in [0.5, 0.6) is 5.75 Å². The Hall–Kier alpha value is -0.360. The number of thiophene rings is 1. The molecule has 0 atom stereocenters. The SMILES string of the molecule is CC(C)NCc1ccc(COc2ccc(Br)cc2Br)s1. The van der Waals surface area contributed by atoms with Crippen LogP contribution in [0, 0.1) is 0 Å². The average molecular weight is 419 g/mol. The van der Waals surface area contributed by atoms with E-state index in [0.717, 1.165) is 21.2 Å². The molecule has 1 heterocycles. The fourth-order valence-corrected chi connectivity index (χ4v) is 3.68. The molecule has 0 aliphatic heterocycles. The van der Waals surface area contributed by atoms with Crippen molar-refractivity contribution >= 4 is 43.2 Å². The van der Waals surface area contributed by atoms with Crippen molar-refractivity contribution in [3.8, 4) is 5.75 Å². The van der Waals surface area contributed by atoms with E-state index >= 15 is 0 Å². The molecule has 0 aliphatic rings. The van der Waals surface area contributed by atoms with E-state index in [4.69, 9.17) is 4.74 Å². The van der Waals surface area contributed by atoms with Crippen molar-refractivity contribution in [1.29, 1.82) is 0 Å². The second-order valence-electron chi connectivity index (χ2n) is 4.77. The summed E-state index contributed by atoms with van der Waals surface area (Å²) in [5.74, 6) is 0.864. The summed E-state index contributed by atoms with van der Waals surface area (Å²) in [6.45, 7) is 5.84. The van der Waals surface area contributed by atoms with Crippen LogP contribution >= 0.6 is 43.2 Å². The summed E-state index contributed by atoms with van der Waals surface area (Å²) >= 11 is 8.73. The Labute approximate surface area is 140 Å². The predicted molar refractivity (Wildman–Crippen MR) is 92.5 cm³/mol. The molecule has 1 aromatic heterocycles. The minimum absolute atomic E-state index is 0.510. The van der Waals surface area contributed by atoms with Gasteiger partial charge in [-0.25, -0.2) is 0 Å². The first-order valence-corrected chi connectivity index (χ1v) is 8.83. The molecular weight excluding hydrogens is 402 g/mol. The van der Waals surface area contributed by atoms with Crippen molar-refractivity contribution < 1.29 is 4.74 Å². The van der Waals surface area contributed by atoms with Gasteiger partial charge < -0.3 is 10.1 Å². The normalized spacial score (nSPS) is 11.1. The zero-order valence-corrected chi connectivity index (χ0v) is 15.4. The average Bonchev–Trinajstić information content (AvgIpc) is 2.83. The molecule has 0 saturated heterocycles. The van der Waals surface area contributed by atoms with Crippen molar-refractivity contribution in [2.75, 3.05) is 0 Å². The van der Waals surface area contributed by atoms with E-state index in [2.05, 4.69) is 63.2 Å². The van der Waals surface area contributed by atoms with Crippen molar-refractivity contribution in [2.24, 2.45) is 0 Å². The Morgan fingerprint density at radius 2 is 1.90 bits per heavy atom. The Bertz CT molecular complexity index is 569. The van der Waals surface area contributed by atoms with Crippen LogP contribution in [0.25, 0.3) is 0 Å². The maximum absolute atomic E-state index is 5.84. The van der Waals surface area contributed by atoms with Crippen molar-refractivity contribution in [3.63, 3.8) is 0 Å². The molecule has 2 aromatic rings. The lowest BCUT2D eigenvalue weighted by molar-refractivity contribution is 0.308. The van der Waals surface area contributed by atoms with Gasteiger partial charge in [-0.15, -0.1) is 11.3 Å². The molecule has 0 fully saturated rings. The van der Waals surface area contributed by atoms with Gasteiger partial charge in [-0.3, -0.25) is 0 Å². The van der Waals surface area contributed by atoms with Crippen molar-refractivity contribution in [1.82, 2.24) is 5.32 Å². The third kappa shape index (κ3) is 4.88. The third-order valence-corrected chi connectivity index (χ3v) is 4.84. The van der Waals surface area contributed by atoms with Gasteiger partial charge in [0.15, 0.2) is 0 Å². The standard InChI is InChI=1S/C15H17Br2NOS/c1-10(2)18-8-12-4-5-13(20-12)9-19-15-6-3-11(16)7-14(15)17/h3-7,10,18H,8-9H2,1-2H3. The van der Waals surface area contributed by atoms with E-state index in [-0.39, 0.29) is 0 Å². The van der Waals surface area contributed by atoms with Crippen LogP contribution in [-0.2, 0) is 13.2 Å². The first-order chi connectivity index (χ1) is 9.54. The summed E-state index contributed by atoms with van der Waals surface area (Å²) in [5.41, 5.74) is 0.